The average molecular weight is 278 g/mol. The Labute approximate surface area is 123 Å². The summed E-state index contributed by atoms with van der Waals surface area (Å²) in [5.41, 5.74) is 3.70. The molecule has 1 fully saturated rings. The number of pyridine rings is 2. The van der Waals surface area contributed by atoms with Gasteiger partial charge in [-0.1, -0.05) is 6.07 Å². The highest BCUT2D eigenvalue weighted by Crippen LogP contribution is 2.32. The molecule has 0 aromatic carbocycles. The van der Waals surface area contributed by atoms with Crippen molar-refractivity contribution in [1.29, 1.82) is 0 Å². The Morgan fingerprint density at radius 1 is 1.24 bits per heavy atom. The first-order valence-electron chi connectivity index (χ1n) is 7.43. The van der Waals surface area contributed by atoms with Crippen LogP contribution in [0.4, 0.5) is 0 Å². The summed E-state index contributed by atoms with van der Waals surface area (Å²) in [5, 5.41) is 1.27. The molecule has 3 aromatic rings. The van der Waals surface area contributed by atoms with Crippen molar-refractivity contribution in [2.45, 2.75) is 18.9 Å². The summed E-state index contributed by atoms with van der Waals surface area (Å²) in [6, 6.07) is 8.34. The Morgan fingerprint density at radius 2 is 2.19 bits per heavy atom. The van der Waals surface area contributed by atoms with Gasteiger partial charge >= 0.3 is 0 Å². The number of rotatable bonds is 3. The summed E-state index contributed by atoms with van der Waals surface area (Å²) in [7, 11) is 0. The van der Waals surface area contributed by atoms with Crippen LogP contribution in [0.2, 0.25) is 0 Å². The molecule has 106 valence electrons. The van der Waals surface area contributed by atoms with Crippen LogP contribution < -0.4 is 0 Å². The number of aromatic amines is 1. The van der Waals surface area contributed by atoms with E-state index in [0.29, 0.717) is 5.92 Å². The molecule has 0 bridgehead atoms. The normalized spacial score (nSPS) is 19.3. The molecule has 0 aliphatic carbocycles. The van der Waals surface area contributed by atoms with Gasteiger partial charge in [0.25, 0.3) is 0 Å². The van der Waals surface area contributed by atoms with Crippen LogP contribution in [-0.2, 0) is 6.54 Å². The average Bonchev–Trinajstić information content (AvgIpc) is 3.14. The Kier molecular flexibility index (Phi) is 3.16. The van der Waals surface area contributed by atoms with E-state index >= 15 is 0 Å². The fourth-order valence-corrected chi connectivity index (χ4v) is 3.29. The first kappa shape index (κ1) is 12.5. The smallest absolute Gasteiger partial charge is 0.137 e. The second kappa shape index (κ2) is 5.30. The van der Waals surface area contributed by atoms with Crippen molar-refractivity contribution in [1.82, 2.24) is 19.9 Å². The number of nitrogens with one attached hydrogen (secondary N) is 1. The third-order valence-corrected chi connectivity index (χ3v) is 4.32. The van der Waals surface area contributed by atoms with E-state index < -0.39 is 0 Å². The monoisotopic (exact) mass is 278 g/mol. The minimum atomic E-state index is 0.597. The van der Waals surface area contributed by atoms with Crippen molar-refractivity contribution in [2.75, 3.05) is 13.1 Å². The highest BCUT2D eigenvalue weighted by Gasteiger charge is 2.25. The van der Waals surface area contributed by atoms with Gasteiger partial charge in [-0.3, -0.25) is 9.88 Å². The molecule has 0 saturated carbocycles. The first-order chi connectivity index (χ1) is 10.4. The third kappa shape index (κ3) is 2.43. The van der Waals surface area contributed by atoms with Gasteiger partial charge in [0.2, 0.25) is 0 Å². The summed E-state index contributed by atoms with van der Waals surface area (Å²) in [4.78, 5) is 14.4. The molecule has 1 unspecified atom stereocenters. The number of hydrogen-bond donors (Lipinski definition) is 1. The summed E-state index contributed by atoms with van der Waals surface area (Å²) >= 11 is 0. The lowest BCUT2D eigenvalue weighted by Gasteiger charge is -2.15. The molecule has 1 saturated heterocycles. The predicted molar refractivity (Wildman–Crippen MR) is 83.0 cm³/mol. The van der Waals surface area contributed by atoms with E-state index in [1.54, 1.807) is 0 Å². The second-order valence-corrected chi connectivity index (χ2v) is 5.73. The van der Waals surface area contributed by atoms with Crippen molar-refractivity contribution >= 4 is 11.0 Å². The van der Waals surface area contributed by atoms with Crippen LogP contribution in [0.5, 0.6) is 0 Å². The van der Waals surface area contributed by atoms with E-state index in [1.165, 1.54) is 22.9 Å². The lowest BCUT2D eigenvalue weighted by Crippen LogP contribution is -2.19. The van der Waals surface area contributed by atoms with Gasteiger partial charge in [0.1, 0.15) is 5.65 Å². The van der Waals surface area contributed by atoms with E-state index in [-0.39, 0.29) is 0 Å². The molecule has 3 aromatic heterocycles. The molecular weight excluding hydrogens is 260 g/mol. The lowest BCUT2D eigenvalue weighted by atomic mass is 9.99. The number of H-pyrrole nitrogens is 1. The van der Waals surface area contributed by atoms with Crippen molar-refractivity contribution in [3.05, 3.63) is 60.2 Å². The number of likely N-dealkylation sites (tertiary alicyclic amines) is 1. The van der Waals surface area contributed by atoms with Gasteiger partial charge in [-0.15, -0.1) is 0 Å². The first-order valence-corrected chi connectivity index (χ1v) is 7.43. The van der Waals surface area contributed by atoms with Gasteiger partial charge in [-0.05, 0) is 48.2 Å². The fraction of sp³-hybridized carbons (Fsp3) is 0.294. The minimum Gasteiger partial charge on any atom is -0.346 e. The molecule has 0 spiro atoms. The number of aromatic nitrogens is 3. The molecule has 21 heavy (non-hydrogen) atoms. The van der Waals surface area contributed by atoms with E-state index in [0.717, 1.165) is 25.3 Å². The van der Waals surface area contributed by atoms with E-state index in [4.69, 9.17) is 0 Å². The van der Waals surface area contributed by atoms with Crippen molar-refractivity contribution in [2.24, 2.45) is 0 Å². The predicted octanol–water partition coefficient (Wildman–Crippen LogP) is 2.95. The van der Waals surface area contributed by atoms with Crippen LogP contribution in [0.25, 0.3) is 11.0 Å². The van der Waals surface area contributed by atoms with E-state index in [2.05, 4.69) is 38.2 Å². The lowest BCUT2D eigenvalue weighted by molar-refractivity contribution is 0.326. The summed E-state index contributed by atoms with van der Waals surface area (Å²) in [6.07, 6.45) is 8.97. The van der Waals surface area contributed by atoms with E-state index in [1.807, 2.05) is 30.7 Å². The molecule has 0 radical (unpaired) electrons. The topological polar surface area (TPSA) is 44.8 Å². The van der Waals surface area contributed by atoms with Gasteiger partial charge in [-0.25, -0.2) is 4.98 Å². The van der Waals surface area contributed by atoms with Gasteiger partial charge in [0.15, 0.2) is 0 Å². The standard InChI is InChI=1S/C17H18N4/c1-3-13(9-18-6-1)11-21-8-5-14(12-21)16-10-20-17-15(16)4-2-7-19-17/h1-4,6-7,9-10,14H,5,8,11-12H2,(H,19,20). The molecule has 1 aliphatic heterocycles. The summed E-state index contributed by atoms with van der Waals surface area (Å²) in [5.74, 6) is 0.597. The van der Waals surface area contributed by atoms with Gasteiger partial charge in [-0.2, -0.15) is 0 Å². The maximum atomic E-state index is 4.38. The number of hydrogen-bond acceptors (Lipinski definition) is 3. The molecule has 4 heteroatoms. The second-order valence-electron chi connectivity index (χ2n) is 5.73. The van der Waals surface area contributed by atoms with Gasteiger partial charge < -0.3 is 4.98 Å². The maximum Gasteiger partial charge on any atom is 0.137 e. The molecule has 1 aliphatic rings. The molecular formula is C17H18N4. The number of nitrogens with zero attached hydrogens (tertiary/aromatic N) is 3. The van der Waals surface area contributed by atoms with Crippen molar-refractivity contribution in [3.63, 3.8) is 0 Å². The highest BCUT2D eigenvalue weighted by molar-refractivity contribution is 5.80. The zero-order valence-electron chi connectivity index (χ0n) is 11.9. The molecule has 4 rings (SSSR count). The molecule has 1 N–H and O–H groups in total. The van der Waals surface area contributed by atoms with Crippen LogP contribution in [-0.4, -0.2) is 32.9 Å². The SMILES string of the molecule is c1cncc(CN2CCC(c3c[nH]c4ncccc34)C2)c1. The number of fused-ring (bicyclic) bond motifs is 1. The zero-order chi connectivity index (χ0) is 14.1. The summed E-state index contributed by atoms with van der Waals surface area (Å²) < 4.78 is 0. The van der Waals surface area contributed by atoms with Crippen LogP contribution in [0.1, 0.15) is 23.5 Å². The molecule has 4 heterocycles. The quantitative estimate of drug-likeness (QED) is 0.801. The van der Waals surface area contributed by atoms with Gasteiger partial charge in [0.05, 0.1) is 0 Å². The molecule has 1 atom stereocenters. The van der Waals surface area contributed by atoms with Crippen LogP contribution in [0, 0.1) is 0 Å². The van der Waals surface area contributed by atoms with Crippen molar-refractivity contribution in [3.8, 4) is 0 Å². The Hall–Kier alpha value is -2.20. The third-order valence-electron chi connectivity index (χ3n) is 4.32. The van der Waals surface area contributed by atoms with Crippen LogP contribution in [0.15, 0.2) is 49.1 Å². The Morgan fingerprint density at radius 3 is 3.10 bits per heavy atom. The minimum absolute atomic E-state index is 0.597. The largest absolute Gasteiger partial charge is 0.346 e. The highest BCUT2D eigenvalue weighted by atomic mass is 15.1. The Balaban J connectivity index is 1.51. The van der Waals surface area contributed by atoms with Gasteiger partial charge in [0, 0.05) is 43.3 Å². The van der Waals surface area contributed by atoms with Crippen molar-refractivity contribution < 1.29 is 0 Å². The van der Waals surface area contributed by atoms with E-state index in [9.17, 15) is 0 Å². The zero-order valence-corrected chi connectivity index (χ0v) is 11.9. The summed E-state index contributed by atoms with van der Waals surface area (Å²) in [6.45, 7) is 3.24. The fourth-order valence-electron chi connectivity index (χ4n) is 3.29. The Bertz CT molecular complexity index is 735. The van der Waals surface area contributed by atoms with Crippen LogP contribution in [0.3, 0.4) is 0 Å². The van der Waals surface area contributed by atoms with Crippen LogP contribution >= 0.6 is 0 Å². The molecule has 0 amide bonds. The molecule has 4 nitrogen and oxygen atoms in total. The maximum absolute atomic E-state index is 4.38.